The summed E-state index contributed by atoms with van der Waals surface area (Å²) in [5, 5.41) is 11.5. The monoisotopic (exact) mass is 308 g/mol. The van der Waals surface area contributed by atoms with E-state index in [9.17, 15) is 0 Å². The molecule has 0 aliphatic heterocycles. The number of nitrogens with zero attached hydrogens (tertiary/aromatic N) is 3. The van der Waals surface area contributed by atoms with Gasteiger partial charge in [0.25, 0.3) is 0 Å². The van der Waals surface area contributed by atoms with Crippen molar-refractivity contribution in [3.8, 4) is 5.69 Å². The third-order valence-corrected chi connectivity index (χ3v) is 3.32. The molecule has 0 unspecified atom stereocenters. The van der Waals surface area contributed by atoms with E-state index >= 15 is 0 Å². The summed E-state index contributed by atoms with van der Waals surface area (Å²) in [6.07, 6.45) is 2.92. The van der Waals surface area contributed by atoms with Gasteiger partial charge in [0.2, 0.25) is 0 Å². The maximum Gasteiger partial charge on any atom is 0.0809 e. The summed E-state index contributed by atoms with van der Waals surface area (Å²) in [5.41, 5.74) is 3.30. The zero-order chi connectivity index (χ0) is 13.0. The minimum Gasteiger partial charge on any atom is -0.311 e. The van der Waals surface area contributed by atoms with Crippen molar-refractivity contribution in [3.05, 3.63) is 40.1 Å². The van der Waals surface area contributed by atoms with E-state index in [4.69, 9.17) is 0 Å². The molecule has 0 atom stereocenters. The maximum absolute atomic E-state index is 4.15. The number of rotatable bonds is 5. The van der Waals surface area contributed by atoms with Gasteiger partial charge in [0.1, 0.15) is 0 Å². The lowest BCUT2D eigenvalue weighted by Crippen LogP contribution is -2.17. The zero-order valence-corrected chi connectivity index (χ0v) is 12.2. The van der Waals surface area contributed by atoms with Gasteiger partial charge in [-0.25, -0.2) is 4.68 Å². The van der Waals surface area contributed by atoms with E-state index < -0.39 is 0 Å². The molecule has 1 heterocycles. The number of nitrogens with one attached hydrogen (secondary N) is 1. The summed E-state index contributed by atoms with van der Waals surface area (Å²) in [5.74, 6) is 0. The first-order chi connectivity index (χ1) is 8.72. The van der Waals surface area contributed by atoms with Crippen LogP contribution in [0.3, 0.4) is 0 Å². The Morgan fingerprint density at radius 2 is 2.22 bits per heavy atom. The topological polar surface area (TPSA) is 42.7 Å². The SMILES string of the molecule is CCCNCc1cnnn1-c1ccc(C)cc1Br. The van der Waals surface area contributed by atoms with Gasteiger partial charge in [-0.3, -0.25) is 0 Å². The number of hydrogen-bond acceptors (Lipinski definition) is 3. The van der Waals surface area contributed by atoms with E-state index in [2.05, 4.69) is 63.6 Å². The molecular weight excluding hydrogens is 292 g/mol. The molecule has 0 aliphatic carbocycles. The molecule has 0 spiro atoms. The van der Waals surface area contributed by atoms with Crippen molar-refractivity contribution in [2.45, 2.75) is 26.8 Å². The highest BCUT2D eigenvalue weighted by atomic mass is 79.9. The Morgan fingerprint density at radius 1 is 1.39 bits per heavy atom. The highest BCUT2D eigenvalue weighted by Gasteiger charge is 2.09. The van der Waals surface area contributed by atoms with E-state index in [0.717, 1.165) is 35.4 Å². The van der Waals surface area contributed by atoms with Crippen molar-refractivity contribution in [3.63, 3.8) is 0 Å². The van der Waals surface area contributed by atoms with Gasteiger partial charge in [0.05, 0.1) is 17.6 Å². The maximum atomic E-state index is 4.15. The van der Waals surface area contributed by atoms with Crippen LogP contribution < -0.4 is 5.32 Å². The quantitative estimate of drug-likeness (QED) is 0.864. The molecule has 18 heavy (non-hydrogen) atoms. The van der Waals surface area contributed by atoms with E-state index in [1.54, 1.807) is 6.20 Å². The fourth-order valence-electron chi connectivity index (χ4n) is 1.76. The fraction of sp³-hybridized carbons (Fsp3) is 0.385. The van der Waals surface area contributed by atoms with Crippen LogP contribution in [0.1, 0.15) is 24.6 Å². The Hall–Kier alpha value is -1.20. The van der Waals surface area contributed by atoms with Gasteiger partial charge in [-0.2, -0.15) is 0 Å². The lowest BCUT2D eigenvalue weighted by atomic mass is 10.2. The van der Waals surface area contributed by atoms with Crippen molar-refractivity contribution < 1.29 is 0 Å². The van der Waals surface area contributed by atoms with Crippen molar-refractivity contribution in [2.75, 3.05) is 6.54 Å². The van der Waals surface area contributed by atoms with Crippen LogP contribution in [0, 0.1) is 6.92 Å². The Bertz CT molecular complexity index is 521. The smallest absolute Gasteiger partial charge is 0.0809 e. The zero-order valence-electron chi connectivity index (χ0n) is 10.7. The molecule has 0 amide bonds. The molecule has 1 aromatic carbocycles. The fourth-order valence-corrected chi connectivity index (χ4v) is 2.42. The molecule has 0 bridgehead atoms. The molecule has 0 saturated carbocycles. The minimum atomic E-state index is 0.779. The van der Waals surface area contributed by atoms with Crippen LogP contribution in [0.25, 0.3) is 5.69 Å². The van der Waals surface area contributed by atoms with Gasteiger partial charge < -0.3 is 5.32 Å². The number of aryl methyl sites for hydroxylation is 1. The lowest BCUT2D eigenvalue weighted by Gasteiger charge is -2.09. The molecule has 0 aliphatic rings. The van der Waals surface area contributed by atoms with Crippen molar-refractivity contribution in [1.82, 2.24) is 20.3 Å². The van der Waals surface area contributed by atoms with E-state index in [-0.39, 0.29) is 0 Å². The first kappa shape index (κ1) is 13.2. The predicted octanol–water partition coefficient (Wildman–Crippen LogP) is 2.84. The van der Waals surface area contributed by atoms with Gasteiger partial charge >= 0.3 is 0 Å². The number of benzene rings is 1. The molecule has 0 radical (unpaired) electrons. The van der Waals surface area contributed by atoms with Gasteiger partial charge in [-0.05, 0) is 53.5 Å². The normalized spacial score (nSPS) is 10.8. The summed E-state index contributed by atoms with van der Waals surface area (Å²) in [6.45, 7) is 6.00. The predicted molar refractivity (Wildman–Crippen MR) is 75.8 cm³/mol. The summed E-state index contributed by atoms with van der Waals surface area (Å²) in [7, 11) is 0. The highest BCUT2D eigenvalue weighted by Crippen LogP contribution is 2.22. The Balaban J connectivity index is 2.25. The molecule has 5 heteroatoms. The molecule has 2 rings (SSSR count). The van der Waals surface area contributed by atoms with E-state index in [1.165, 1.54) is 5.56 Å². The molecule has 1 aromatic heterocycles. The second kappa shape index (κ2) is 6.11. The van der Waals surface area contributed by atoms with Crippen molar-refractivity contribution in [1.29, 1.82) is 0 Å². The lowest BCUT2D eigenvalue weighted by molar-refractivity contribution is 0.640. The number of halogens is 1. The Labute approximate surface area is 116 Å². The second-order valence-corrected chi connectivity index (χ2v) is 5.12. The van der Waals surface area contributed by atoms with Gasteiger partial charge in [0.15, 0.2) is 0 Å². The van der Waals surface area contributed by atoms with Gasteiger partial charge in [0, 0.05) is 11.0 Å². The third-order valence-electron chi connectivity index (χ3n) is 2.68. The van der Waals surface area contributed by atoms with Crippen molar-refractivity contribution in [2.24, 2.45) is 0 Å². The summed E-state index contributed by atoms with van der Waals surface area (Å²) in [6, 6.07) is 6.21. The van der Waals surface area contributed by atoms with Crippen LogP contribution >= 0.6 is 15.9 Å². The largest absolute Gasteiger partial charge is 0.311 e. The first-order valence-electron chi connectivity index (χ1n) is 6.09. The van der Waals surface area contributed by atoms with Gasteiger partial charge in [-0.15, -0.1) is 5.10 Å². The molecule has 96 valence electrons. The van der Waals surface area contributed by atoms with Gasteiger partial charge in [-0.1, -0.05) is 18.2 Å². The number of hydrogen-bond donors (Lipinski definition) is 1. The standard InChI is InChI=1S/C13H17BrN4/c1-3-6-15-8-11-9-16-17-18(11)13-5-4-10(2)7-12(13)14/h4-5,7,9,15H,3,6,8H2,1-2H3. The summed E-state index contributed by atoms with van der Waals surface area (Å²) >= 11 is 3.58. The molecule has 4 nitrogen and oxygen atoms in total. The van der Waals surface area contributed by atoms with Crippen LogP contribution in [-0.4, -0.2) is 21.5 Å². The average Bonchev–Trinajstić information content (AvgIpc) is 2.78. The summed E-state index contributed by atoms with van der Waals surface area (Å²) < 4.78 is 2.90. The molecular formula is C13H17BrN4. The first-order valence-corrected chi connectivity index (χ1v) is 6.88. The van der Waals surface area contributed by atoms with E-state index in [1.807, 2.05) is 4.68 Å². The number of aromatic nitrogens is 3. The third kappa shape index (κ3) is 2.97. The van der Waals surface area contributed by atoms with Crippen LogP contribution in [0.15, 0.2) is 28.9 Å². The molecule has 0 saturated heterocycles. The van der Waals surface area contributed by atoms with E-state index in [0.29, 0.717) is 0 Å². The highest BCUT2D eigenvalue weighted by molar-refractivity contribution is 9.10. The molecule has 2 aromatic rings. The van der Waals surface area contributed by atoms with Crippen LogP contribution in [-0.2, 0) is 6.54 Å². The minimum absolute atomic E-state index is 0.779. The Kier molecular flexibility index (Phi) is 4.49. The molecule has 0 fully saturated rings. The second-order valence-electron chi connectivity index (χ2n) is 4.27. The van der Waals surface area contributed by atoms with Crippen LogP contribution in [0.4, 0.5) is 0 Å². The van der Waals surface area contributed by atoms with Crippen molar-refractivity contribution >= 4 is 15.9 Å². The van der Waals surface area contributed by atoms with Crippen LogP contribution in [0.5, 0.6) is 0 Å². The van der Waals surface area contributed by atoms with Crippen LogP contribution in [0.2, 0.25) is 0 Å². The molecule has 1 N–H and O–H groups in total. The summed E-state index contributed by atoms with van der Waals surface area (Å²) in [4.78, 5) is 0. The average molecular weight is 309 g/mol. The Morgan fingerprint density at radius 3 is 2.94 bits per heavy atom.